The summed E-state index contributed by atoms with van der Waals surface area (Å²) in [7, 11) is 0. The minimum absolute atomic E-state index is 0.530. The molecule has 0 rings (SSSR count). The second kappa shape index (κ2) is 11.6. The predicted molar refractivity (Wildman–Crippen MR) is 94.2 cm³/mol. The molecule has 0 aliphatic carbocycles. The van der Waals surface area contributed by atoms with E-state index >= 15 is 0 Å². The zero-order valence-corrected chi connectivity index (χ0v) is 15.4. The summed E-state index contributed by atoms with van der Waals surface area (Å²) in [4.78, 5) is 0. The molecule has 0 aromatic rings. The molecule has 0 aromatic carbocycles. The second-order valence-electron chi connectivity index (χ2n) is 8.27. The van der Waals surface area contributed by atoms with E-state index in [2.05, 4.69) is 41.5 Å². The van der Waals surface area contributed by atoms with Crippen molar-refractivity contribution < 1.29 is 0 Å². The van der Waals surface area contributed by atoms with Crippen LogP contribution in [0.1, 0.15) is 112 Å². The van der Waals surface area contributed by atoms with E-state index in [1.807, 2.05) is 0 Å². The summed E-state index contributed by atoms with van der Waals surface area (Å²) in [5, 5.41) is 0. The third kappa shape index (κ3) is 13.0. The average molecular weight is 283 g/mol. The molecule has 0 amide bonds. The summed E-state index contributed by atoms with van der Waals surface area (Å²) in [6.45, 7) is 14.2. The van der Waals surface area contributed by atoms with Gasteiger partial charge in [0.05, 0.1) is 0 Å². The lowest BCUT2D eigenvalue weighted by Gasteiger charge is -2.20. The SMILES string of the molecule is CCCC(CCCCCCCC(C)(C)C)CC(C)CC. The summed E-state index contributed by atoms with van der Waals surface area (Å²) >= 11 is 0. The van der Waals surface area contributed by atoms with E-state index in [1.165, 1.54) is 70.6 Å². The van der Waals surface area contributed by atoms with Gasteiger partial charge in [-0.3, -0.25) is 0 Å². The quantitative estimate of drug-likeness (QED) is 0.323. The summed E-state index contributed by atoms with van der Waals surface area (Å²) in [6.07, 6.45) is 15.8. The Labute approximate surface area is 130 Å². The van der Waals surface area contributed by atoms with Crippen LogP contribution in [0.15, 0.2) is 0 Å². The maximum Gasteiger partial charge on any atom is -0.0383 e. The normalized spacial score (nSPS) is 15.3. The number of hydrogen-bond donors (Lipinski definition) is 0. The molecule has 20 heavy (non-hydrogen) atoms. The molecule has 2 atom stereocenters. The van der Waals surface area contributed by atoms with Crippen molar-refractivity contribution in [3.63, 3.8) is 0 Å². The minimum atomic E-state index is 0.530. The highest BCUT2D eigenvalue weighted by molar-refractivity contribution is 4.64. The van der Waals surface area contributed by atoms with Crippen molar-refractivity contribution in [1.82, 2.24) is 0 Å². The maximum absolute atomic E-state index is 2.43. The molecule has 0 heteroatoms. The van der Waals surface area contributed by atoms with Gasteiger partial charge in [0.15, 0.2) is 0 Å². The van der Waals surface area contributed by atoms with Gasteiger partial charge in [-0.15, -0.1) is 0 Å². The lowest BCUT2D eigenvalue weighted by Crippen LogP contribution is -2.06. The van der Waals surface area contributed by atoms with Gasteiger partial charge in [-0.05, 0) is 30.1 Å². The molecule has 0 bridgehead atoms. The van der Waals surface area contributed by atoms with Crippen molar-refractivity contribution >= 4 is 0 Å². The molecule has 2 unspecified atom stereocenters. The van der Waals surface area contributed by atoms with Crippen LogP contribution < -0.4 is 0 Å². The first kappa shape index (κ1) is 20.0. The fourth-order valence-electron chi connectivity index (χ4n) is 3.14. The number of hydrogen-bond acceptors (Lipinski definition) is 0. The van der Waals surface area contributed by atoms with Gasteiger partial charge < -0.3 is 0 Å². The third-order valence-electron chi connectivity index (χ3n) is 4.67. The van der Waals surface area contributed by atoms with Gasteiger partial charge >= 0.3 is 0 Å². The Bertz CT molecular complexity index is 199. The molecule has 122 valence electrons. The molecule has 0 aliphatic heterocycles. The van der Waals surface area contributed by atoms with Crippen molar-refractivity contribution in [2.45, 2.75) is 112 Å². The molecule has 0 aromatic heterocycles. The molecule has 0 saturated heterocycles. The summed E-state index contributed by atoms with van der Waals surface area (Å²) < 4.78 is 0. The van der Waals surface area contributed by atoms with E-state index in [0.717, 1.165) is 11.8 Å². The van der Waals surface area contributed by atoms with Crippen LogP contribution in [0.25, 0.3) is 0 Å². The van der Waals surface area contributed by atoms with Gasteiger partial charge in [0.2, 0.25) is 0 Å². The van der Waals surface area contributed by atoms with Crippen molar-refractivity contribution in [3.8, 4) is 0 Å². The molecular weight excluding hydrogens is 240 g/mol. The Hall–Kier alpha value is 0. The van der Waals surface area contributed by atoms with E-state index in [-0.39, 0.29) is 0 Å². The zero-order valence-electron chi connectivity index (χ0n) is 15.4. The first-order valence-corrected chi connectivity index (χ1v) is 9.39. The van der Waals surface area contributed by atoms with Gasteiger partial charge in [0, 0.05) is 0 Å². The van der Waals surface area contributed by atoms with Gasteiger partial charge in [0.1, 0.15) is 0 Å². The molecule has 0 spiro atoms. The molecule has 0 aliphatic rings. The molecule has 0 N–H and O–H groups in total. The van der Waals surface area contributed by atoms with Gasteiger partial charge in [-0.2, -0.15) is 0 Å². The van der Waals surface area contributed by atoms with Crippen LogP contribution in [0.5, 0.6) is 0 Å². The Morgan fingerprint density at radius 1 is 0.800 bits per heavy atom. The number of unbranched alkanes of at least 4 members (excludes halogenated alkanes) is 4. The van der Waals surface area contributed by atoms with E-state index in [9.17, 15) is 0 Å². The van der Waals surface area contributed by atoms with Gasteiger partial charge in [-0.1, -0.05) is 99.3 Å². The van der Waals surface area contributed by atoms with Crippen LogP contribution in [-0.4, -0.2) is 0 Å². The molecule has 0 heterocycles. The van der Waals surface area contributed by atoms with E-state index in [0.29, 0.717) is 5.41 Å². The smallest absolute Gasteiger partial charge is 0.0383 e. The van der Waals surface area contributed by atoms with Crippen LogP contribution in [0.3, 0.4) is 0 Å². The van der Waals surface area contributed by atoms with Gasteiger partial charge in [0.25, 0.3) is 0 Å². The third-order valence-corrected chi connectivity index (χ3v) is 4.67. The summed E-state index contributed by atoms with van der Waals surface area (Å²) in [6, 6.07) is 0. The fourth-order valence-corrected chi connectivity index (χ4v) is 3.14. The topological polar surface area (TPSA) is 0 Å². The minimum Gasteiger partial charge on any atom is -0.0654 e. The summed E-state index contributed by atoms with van der Waals surface area (Å²) in [5.41, 5.74) is 0.530. The van der Waals surface area contributed by atoms with Crippen LogP contribution >= 0.6 is 0 Å². The van der Waals surface area contributed by atoms with Crippen LogP contribution in [0.2, 0.25) is 0 Å². The predicted octanol–water partition coefficient (Wildman–Crippen LogP) is 7.62. The molecular formula is C20H42. The lowest BCUT2D eigenvalue weighted by molar-refractivity contribution is 0.328. The monoisotopic (exact) mass is 282 g/mol. The molecule has 0 nitrogen and oxygen atoms in total. The van der Waals surface area contributed by atoms with Crippen molar-refractivity contribution in [2.24, 2.45) is 17.3 Å². The van der Waals surface area contributed by atoms with E-state index in [4.69, 9.17) is 0 Å². The van der Waals surface area contributed by atoms with E-state index < -0.39 is 0 Å². The van der Waals surface area contributed by atoms with Crippen molar-refractivity contribution in [3.05, 3.63) is 0 Å². The van der Waals surface area contributed by atoms with Crippen LogP contribution in [0, 0.1) is 17.3 Å². The highest BCUT2D eigenvalue weighted by Gasteiger charge is 2.11. The molecule has 0 saturated carbocycles. The van der Waals surface area contributed by atoms with Crippen LogP contribution in [-0.2, 0) is 0 Å². The Kier molecular flexibility index (Phi) is 11.6. The largest absolute Gasteiger partial charge is 0.0654 e. The molecule has 0 fully saturated rings. The van der Waals surface area contributed by atoms with E-state index in [1.54, 1.807) is 0 Å². The van der Waals surface area contributed by atoms with Crippen LogP contribution in [0.4, 0.5) is 0 Å². The van der Waals surface area contributed by atoms with Crippen molar-refractivity contribution in [1.29, 1.82) is 0 Å². The first-order valence-electron chi connectivity index (χ1n) is 9.39. The standard InChI is InChI=1S/C20H42/c1-7-14-19(17-18(3)8-2)15-12-10-9-11-13-16-20(4,5)6/h18-19H,7-17H2,1-6H3. The zero-order chi connectivity index (χ0) is 15.4. The second-order valence-corrected chi connectivity index (χ2v) is 8.27. The number of rotatable bonds is 12. The highest BCUT2D eigenvalue weighted by atomic mass is 14.2. The lowest BCUT2D eigenvalue weighted by atomic mass is 9.86. The maximum atomic E-state index is 2.43. The van der Waals surface area contributed by atoms with Gasteiger partial charge in [-0.25, -0.2) is 0 Å². The fraction of sp³-hybridized carbons (Fsp3) is 1.00. The summed E-state index contributed by atoms with van der Waals surface area (Å²) in [5.74, 6) is 1.93. The highest BCUT2D eigenvalue weighted by Crippen LogP contribution is 2.26. The Morgan fingerprint density at radius 3 is 1.95 bits per heavy atom. The Balaban J connectivity index is 3.58. The first-order chi connectivity index (χ1) is 9.39. The van der Waals surface area contributed by atoms with Crippen molar-refractivity contribution in [2.75, 3.05) is 0 Å². The Morgan fingerprint density at radius 2 is 1.40 bits per heavy atom. The average Bonchev–Trinajstić information content (AvgIpc) is 2.36. The molecule has 0 radical (unpaired) electrons.